The van der Waals surface area contributed by atoms with Gasteiger partial charge in [-0.2, -0.15) is 0 Å². The molecule has 0 bridgehead atoms. The molecule has 0 saturated carbocycles. The van der Waals surface area contributed by atoms with Crippen molar-refractivity contribution in [1.29, 1.82) is 0 Å². The second kappa shape index (κ2) is 1.95. The largest absolute Gasteiger partial charge is 0.388 e. The zero-order valence-corrected chi connectivity index (χ0v) is 4.05. The Hall–Kier alpha value is -0.540. The van der Waals surface area contributed by atoms with Gasteiger partial charge in [-0.1, -0.05) is 0 Å². The molecule has 0 aromatic carbocycles. The molecule has 0 spiro atoms. The second-order valence-corrected chi connectivity index (χ2v) is 1.10. The lowest BCUT2D eigenvalue weighted by atomic mass is 10.7. The highest BCUT2D eigenvalue weighted by Crippen LogP contribution is 1.97. The molecule has 1 aliphatic heterocycles. The van der Waals surface area contributed by atoms with Crippen molar-refractivity contribution in [3.05, 3.63) is 12.3 Å². The summed E-state index contributed by atoms with van der Waals surface area (Å²) >= 11 is 0. The topological polar surface area (TPSA) is 21.7 Å². The van der Waals surface area contributed by atoms with Crippen molar-refractivity contribution < 1.29 is 9.68 Å². The third-order valence-electron chi connectivity index (χ3n) is 0.678. The van der Waals surface area contributed by atoms with E-state index in [2.05, 4.69) is 15.8 Å². The molecule has 0 unspecified atom stereocenters. The molecule has 3 heteroatoms. The van der Waals surface area contributed by atoms with Crippen LogP contribution in [0.15, 0.2) is 6.26 Å². The van der Waals surface area contributed by atoms with Crippen LogP contribution in [0.5, 0.6) is 0 Å². The maximum atomic E-state index is 4.68. The van der Waals surface area contributed by atoms with Gasteiger partial charge in [0.15, 0.2) is 0 Å². The Morgan fingerprint density at radius 1 is 2.00 bits per heavy atom. The SMILES string of the molecule is CON1C[C]=CO1. The highest BCUT2D eigenvalue weighted by atomic mass is 16.9. The van der Waals surface area contributed by atoms with Crippen LogP contribution in [0.4, 0.5) is 0 Å². The molecule has 0 amide bonds. The van der Waals surface area contributed by atoms with Crippen LogP contribution in [0.1, 0.15) is 0 Å². The van der Waals surface area contributed by atoms with Crippen LogP contribution < -0.4 is 0 Å². The minimum atomic E-state index is 0.594. The van der Waals surface area contributed by atoms with Crippen LogP contribution in [0.25, 0.3) is 0 Å². The summed E-state index contributed by atoms with van der Waals surface area (Å²) < 4.78 is 0. The highest BCUT2D eigenvalue weighted by Gasteiger charge is 2.03. The van der Waals surface area contributed by atoms with Crippen LogP contribution in [-0.4, -0.2) is 18.9 Å². The molecule has 0 saturated heterocycles. The van der Waals surface area contributed by atoms with Crippen molar-refractivity contribution in [3.8, 4) is 0 Å². The quantitative estimate of drug-likeness (QED) is 0.467. The summed E-state index contributed by atoms with van der Waals surface area (Å²) in [4.78, 5) is 9.31. The van der Waals surface area contributed by atoms with E-state index in [-0.39, 0.29) is 0 Å². The van der Waals surface area contributed by atoms with Gasteiger partial charge < -0.3 is 4.84 Å². The molecule has 0 aliphatic carbocycles. The summed E-state index contributed by atoms with van der Waals surface area (Å²) in [5.74, 6) is 0. The Morgan fingerprint density at radius 3 is 3.14 bits per heavy atom. The number of hydrogen-bond acceptors (Lipinski definition) is 3. The number of rotatable bonds is 1. The lowest BCUT2D eigenvalue weighted by molar-refractivity contribution is -0.311. The minimum absolute atomic E-state index is 0.594. The molecule has 1 radical (unpaired) electrons. The second-order valence-electron chi connectivity index (χ2n) is 1.10. The van der Waals surface area contributed by atoms with Crippen molar-refractivity contribution in [1.82, 2.24) is 5.23 Å². The van der Waals surface area contributed by atoms with Crippen molar-refractivity contribution in [2.75, 3.05) is 13.7 Å². The van der Waals surface area contributed by atoms with Gasteiger partial charge in [-0.3, -0.25) is 4.84 Å². The molecular formula is C4H6NO2. The van der Waals surface area contributed by atoms with Gasteiger partial charge in [-0.05, 0) is 5.23 Å². The summed E-state index contributed by atoms with van der Waals surface area (Å²) in [6, 6.07) is 0. The van der Waals surface area contributed by atoms with E-state index in [0.717, 1.165) is 0 Å². The highest BCUT2D eigenvalue weighted by molar-refractivity contribution is 4.68. The molecule has 0 atom stereocenters. The average molecular weight is 100 g/mol. The fourth-order valence-electron chi connectivity index (χ4n) is 0.353. The Kier molecular flexibility index (Phi) is 1.29. The van der Waals surface area contributed by atoms with E-state index in [1.54, 1.807) is 7.11 Å². The molecule has 0 aromatic rings. The van der Waals surface area contributed by atoms with E-state index in [4.69, 9.17) is 0 Å². The van der Waals surface area contributed by atoms with Crippen LogP contribution in [0.2, 0.25) is 0 Å². The molecule has 39 valence electrons. The van der Waals surface area contributed by atoms with Gasteiger partial charge in [0, 0.05) is 6.08 Å². The molecule has 1 aliphatic rings. The fraction of sp³-hybridized carbons (Fsp3) is 0.500. The zero-order chi connectivity index (χ0) is 5.11. The Labute approximate surface area is 42.0 Å². The van der Waals surface area contributed by atoms with Crippen LogP contribution >= 0.6 is 0 Å². The van der Waals surface area contributed by atoms with Crippen LogP contribution in [-0.2, 0) is 9.68 Å². The summed E-state index contributed by atoms with van der Waals surface area (Å²) in [6.07, 6.45) is 4.24. The Morgan fingerprint density at radius 2 is 2.86 bits per heavy atom. The van der Waals surface area contributed by atoms with E-state index in [1.807, 2.05) is 0 Å². The first-order valence-corrected chi connectivity index (χ1v) is 1.97. The molecule has 0 aromatic heterocycles. The van der Waals surface area contributed by atoms with Crippen LogP contribution in [0.3, 0.4) is 0 Å². The van der Waals surface area contributed by atoms with Gasteiger partial charge in [0.1, 0.15) is 6.26 Å². The van der Waals surface area contributed by atoms with Crippen molar-refractivity contribution in [3.63, 3.8) is 0 Å². The number of nitrogens with zero attached hydrogens (tertiary/aromatic N) is 1. The molecule has 3 nitrogen and oxygen atoms in total. The first kappa shape index (κ1) is 4.61. The third-order valence-corrected chi connectivity index (χ3v) is 0.678. The summed E-state index contributed by atoms with van der Waals surface area (Å²) in [5.41, 5.74) is 0. The smallest absolute Gasteiger partial charge is 0.119 e. The van der Waals surface area contributed by atoms with E-state index < -0.39 is 0 Å². The number of hydroxylamine groups is 2. The number of hydrogen-bond donors (Lipinski definition) is 0. The van der Waals surface area contributed by atoms with Crippen molar-refractivity contribution in [2.24, 2.45) is 0 Å². The van der Waals surface area contributed by atoms with E-state index >= 15 is 0 Å². The summed E-state index contributed by atoms with van der Waals surface area (Å²) in [7, 11) is 1.54. The van der Waals surface area contributed by atoms with E-state index in [1.165, 1.54) is 11.5 Å². The van der Waals surface area contributed by atoms with Crippen molar-refractivity contribution >= 4 is 0 Å². The molecular weight excluding hydrogens is 94.0 g/mol. The normalized spacial score (nSPS) is 20.1. The average Bonchev–Trinajstić information content (AvgIpc) is 2.14. The van der Waals surface area contributed by atoms with Gasteiger partial charge in [0.2, 0.25) is 0 Å². The summed E-state index contributed by atoms with van der Waals surface area (Å²) in [6.45, 7) is 0.594. The predicted molar refractivity (Wildman–Crippen MR) is 22.6 cm³/mol. The van der Waals surface area contributed by atoms with Gasteiger partial charge in [-0.15, -0.1) is 0 Å². The van der Waals surface area contributed by atoms with Gasteiger partial charge in [0.05, 0.1) is 13.7 Å². The Bertz CT molecular complexity index is 73.8. The van der Waals surface area contributed by atoms with E-state index in [9.17, 15) is 0 Å². The van der Waals surface area contributed by atoms with Gasteiger partial charge >= 0.3 is 0 Å². The molecule has 1 heterocycles. The molecule has 1 rings (SSSR count). The first-order valence-electron chi connectivity index (χ1n) is 1.97. The fourth-order valence-corrected chi connectivity index (χ4v) is 0.353. The van der Waals surface area contributed by atoms with Gasteiger partial charge in [0.25, 0.3) is 0 Å². The monoisotopic (exact) mass is 100 g/mol. The van der Waals surface area contributed by atoms with Gasteiger partial charge in [-0.25, -0.2) is 0 Å². The molecule has 7 heavy (non-hydrogen) atoms. The lowest BCUT2D eigenvalue weighted by Gasteiger charge is -2.07. The lowest BCUT2D eigenvalue weighted by Crippen LogP contribution is -2.15. The minimum Gasteiger partial charge on any atom is -0.388 e. The zero-order valence-electron chi connectivity index (χ0n) is 4.05. The maximum absolute atomic E-state index is 4.68. The predicted octanol–water partition coefficient (Wildman–Crippen LogP) is 0.112. The molecule has 0 N–H and O–H groups in total. The first-order chi connectivity index (χ1) is 3.43. The summed E-state index contributed by atoms with van der Waals surface area (Å²) in [5, 5.41) is 1.32. The third kappa shape index (κ3) is 0.913. The Balaban J connectivity index is 2.22. The van der Waals surface area contributed by atoms with Crippen molar-refractivity contribution in [2.45, 2.75) is 0 Å². The molecule has 0 fully saturated rings. The maximum Gasteiger partial charge on any atom is 0.119 e. The van der Waals surface area contributed by atoms with Crippen LogP contribution in [0, 0.1) is 6.08 Å². The standard InChI is InChI=1S/C4H6NO2/c1-6-5-3-2-4-7-5/h4H,3H2,1H3. The van der Waals surface area contributed by atoms with E-state index in [0.29, 0.717) is 6.54 Å².